The molecular weight excluding hydrogens is 494 g/mol. The number of hydrogen-bond donors (Lipinski definition) is 1. The Hall–Kier alpha value is -2.33. The lowest BCUT2D eigenvalue weighted by molar-refractivity contribution is -0.385. The number of azo groups is 1. The first kappa shape index (κ1) is 22.0. The molecule has 0 spiro atoms. The molecular formula is C18H19Br2N5O3. The number of nitrogens with one attached hydrogen (secondary N) is 1. The average molecular weight is 513 g/mol. The summed E-state index contributed by atoms with van der Waals surface area (Å²) in [5.41, 5.74) is 2.32. The summed E-state index contributed by atoms with van der Waals surface area (Å²) in [6, 6.07) is 8.25. The Balaban J connectivity index is 2.44. The minimum absolute atomic E-state index is 0.0692. The molecule has 0 saturated heterocycles. The van der Waals surface area contributed by atoms with E-state index in [0.717, 1.165) is 18.8 Å². The predicted octanol–water partition coefficient (Wildman–Crippen LogP) is 6.34. The monoisotopic (exact) mass is 511 g/mol. The molecule has 1 amide bonds. The number of non-ortho nitro benzene ring substituents is 1. The number of nitro benzene ring substituents is 1. The van der Waals surface area contributed by atoms with Crippen LogP contribution in [0.2, 0.25) is 0 Å². The van der Waals surface area contributed by atoms with Crippen LogP contribution in [0.3, 0.4) is 0 Å². The number of nitrogens with zero attached hydrogens (tertiary/aromatic N) is 4. The number of hydrogen-bond acceptors (Lipinski definition) is 6. The molecule has 8 nitrogen and oxygen atoms in total. The molecule has 1 N–H and O–H groups in total. The molecule has 0 fully saturated rings. The van der Waals surface area contributed by atoms with Gasteiger partial charge in [-0.3, -0.25) is 14.9 Å². The van der Waals surface area contributed by atoms with Crippen LogP contribution in [0.1, 0.15) is 20.8 Å². The fourth-order valence-corrected chi connectivity index (χ4v) is 3.86. The van der Waals surface area contributed by atoms with Crippen molar-refractivity contribution in [3.63, 3.8) is 0 Å². The molecule has 0 saturated carbocycles. The molecule has 0 aliphatic carbocycles. The first-order valence-electron chi connectivity index (χ1n) is 8.48. The van der Waals surface area contributed by atoms with E-state index in [1.807, 2.05) is 12.1 Å². The van der Waals surface area contributed by atoms with E-state index < -0.39 is 4.92 Å². The molecule has 0 aromatic heterocycles. The number of amides is 1. The molecule has 2 aromatic rings. The van der Waals surface area contributed by atoms with Gasteiger partial charge in [-0.15, -0.1) is 10.2 Å². The maximum Gasteiger partial charge on any atom is 0.271 e. The highest BCUT2D eigenvalue weighted by Gasteiger charge is 2.14. The van der Waals surface area contributed by atoms with Crippen molar-refractivity contribution in [3.05, 3.63) is 49.4 Å². The van der Waals surface area contributed by atoms with Gasteiger partial charge in [-0.25, -0.2) is 0 Å². The predicted molar refractivity (Wildman–Crippen MR) is 117 cm³/mol. The molecule has 0 aliphatic heterocycles. The van der Waals surface area contributed by atoms with E-state index in [4.69, 9.17) is 0 Å². The first-order valence-corrected chi connectivity index (χ1v) is 10.1. The Morgan fingerprint density at radius 2 is 1.75 bits per heavy atom. The molecule has 0 radical (unpaired) electrons. The third-order valence-electron chi connectivity index (χ3n) is 3.89. The van der Waals surface area contributed by atoms with Gasteiger partial charge in [0.25, 0.3) is 5.69 Å². The standard InChI is InChI=1S/C18H19Br2N5O3/c1-4-24(5-2)12-6-7-16(17(10-12)21-11(3)26)22-23-18-14(19)8-13(25(27)28)9-15(18)20/h6-10H,4-5H2,1-3H3,(H,21,26). The van der Waals surface area contributed by atoms with E-state index in [1.165, 1.54) is 19.1 Å². The third kappa shape index (κ3) is 5.35. The lowest BCUT2D eigenvalue weighted by atomic mass is 10.2. The topological polar surface area (TPSA) is 100 Å². The zero-order valence-corrected chi connectivity index (χ0v) is 18.7. The minimum atomic E-state index is -0.489. The van der Waals surface area contributed by atoms with Crippen molar-refractivity contribution in [3.8, 4) is 0 Å². The zero-order valence-electron chi connectivity index (χ0n) is 15.6. The van der Waals surface area contributed by atoms with Gasteiger partial charge in [-0.2, -0.15) is 0 Å². The number of nitro groups is 1. The number of benzene rings is 2. The molecule has 28 heavy (non-hydrogen) atoms. The van der Waals surface area contributed by atoms with Gasteiger partial charge in [0.2, 0.25) is 5.91 Å². The van der Waals surface area contributed by atoms with Crippen LogP contribution in [0.5, 0.6) is 0 Å². The number of halogens is 2. The first-order chi connectivity index (χ1) is 13.3. The van der Waals surface area contributed by atoms with E-state index in [2.05, 4.69) is 66.2 Å². The second-order valence-corrected chi connectivity index (χ2v) is 7.48. The Morgan fingerprint density at radius 1 is 1.14 bits per heavy atom. The molecule has 10 heteroatoms. The lowest BCUT2D eigenvalue weighted by Gasteiger charge is -2.22. The van der Waals surface area contributed by atoms with Crippen LogP contribution in [0, 0.1) is 10.1 Å². The van der Waals surface area contributed by atoms with Gasteiger partial charge in [-0.05, 0) is 63.9 Å². The van der Waals surface area contributed by atoms with Crippen LogP contribution in [-0.4, -0.2) is 23.9 Å². The van der Waals surface area contributed by atoms with Crippen LogP contribution in [0.15, 0.2) is 49.5 Å². The minimum Gasteiger partial charge on any atom is -0.372 e. The maximum absolute atomic E-state index is 11.6. The quantitative estimate of drug-likeness (QED) is 0.265. The SMILES string of the molecule is CCN(CC)c1ccc(N=Nc2c(Br)cc([N+](=O)[O-])cc2Br)c(NC(C)=O)c1. The van der Waals surface area contributed by atoms with Gasteiger partial charge in [0, 0.05) is 37.8 Å². The summed E-state index contributed by atoms with van der Waals surface area (Å²) in [5.74, 6) is -0.217. The highest BCUT2D eigenvalue weighted by molar-refractivity contribution is 9.11. The summed E-state index contributed by atoms with van der Waals surface area (Å²) in [7, 11) is 0. The van der Waals surface area contributed by atoms with Gasteiger partial charge in [0.05, 0.1) is 19.6 Å². The number of anilines is 2. The summed E-state index contributed by atoms with van der Waals surface area (Å²) in [6.45, 7) is 7.20. The molecule has 0 bridgehead atoms. The Morgan fingerprint density at radius 3 is 2.25 bits per heavy atom. The molecule has 0 aliphatic rings. The van der Waals surface area contributed by atoms with Crippen molar-refractivity contribution in [1.29, 1.82) is 0 Å². The van der Waals surface area contributed by atoms with Crippen molar-refractivity contribution in [2.75, 3.05) is 23.3 Å². The highest BCUT2D eigenvalue weighted by atomic mass is 79.9. The van der Waals surface area contributed by atoms with Gasteiger partial charge in [0.15, 0.2) is 0 Å². The second kappa shape index (κ2) is 9.74. The molecule has 2 rings (SSSR count). The van der Waals surface area contributed by atoms with Crippen molar-refractivity contribution in [2.45, 2.75) is 20.8 Å². The van der Waals surface area contributed by atoms with Crippen molar-refractivity contribution in [2.24, 2.45) is 10.2 Å². The van der Waals surface area contributed by atoms with Crippen molar-refractivity contribution < 1.29 is 9.72 Å². The summed E-state index contributed by atoms with van der Waals surface area (Å²) >= 11 is 6.57. The summed E-state index contributed by atoms with van der Waals surface area (Å²) in [4.78, 5) is 24.2. The van der Waals surface area contributed by atoms with Gasteiger partial charge in [-0.1, -0.05) is 0 Å². The van der Waals surface area contributed by atoms with E-state index in [9.17, 15) is 14.9 Å². The maximum atomic E-state index is 11.6. The van der Waals surface area contributed by atoms with E-state index in [1.54, 1.807) is 6.07 Å². The van der Waals surface area contributed by atoms with Crippen LogP contribution in [-0.2, 0) is 4.79 Å². The average Bonchev–Trinajstić information content (AvgIpc) is 2.62. The lowest BCUT2D eigenvalue weighted by Crippen LogP contribution is -2.21. The van der Waals surface area contributed by atoms with Crippen molar-refractivity contribution >= 4 is 66.2 Å². The van der Waals surface area contributed by atoms with Crippen LogP contribution in [0.25, 0.3) is 0 Å². The largest absolute Gasteiger partial charge is 0.372 e. The second-order valence-electron chi connectivity index (χ2n) is 5.77. The van der Waals surface area contributed by atoms with Crippen molar-refractivity contribution in [1.82, 2.24) is 0 Å². The van der Waals surface area contributed by atoms with E-state index in [-0.39, 0.29) is 11.6 Å². The molecule has 0 unspecified atom stereocenters. The number of rotatable bonds is 7. The fourth-order valence-electron chi connectivity index (χ4n) is 2.54. The smallest absolute Gasteiger partial charge is 0.271 e. The summed E-state index contributed by atoms with van der Waals surface area (Å²) in [6.07, 6.45) is 0. The van der Waals surface area contributed by atoms with Crippen LogP contribution in [0.4, 0.5) is 28.4 Å². The fraction of sp³-hybridized carbons (Fsp3) is 0.278. The molecule has 0 heterocycles. The summed E-state index contributed by atoms with van der Waals surface area (Å²) in [5, 5.41) is 22.2. The Bertz CT molecular complexity index is 906. The van der Waals surface area contributed by atoms with Gasteiger partial charge in [0.1, 0.15) is 11.4 Å². The molecule has 148 valence electrons. The van der Waals surface area contributed by atoms with Crippen LogP contribution >= 0.6 is 31.9 Å². The Kier molecular flexibility index (Phi) is 7.64. The van der Waals surface area contributed by atoms with E-state index in [0.29, 0.717) is 26.0 Å². The van der Waals surface area contributed by atoms with E-state index >= 15 is 0 Å². The highest BCUT2D eigenvalue weighted by Crippen LogP contribution is 2.39. The summed E-state index contributed by atoms with van der Waals surface area (Å²) < 4.78 is 0.858. The normalized spacial score (nSPS) is 10.9. The number of carbonyl (C=O) groups is 1. The Labute approximate surface area is 179 Å². The third-order valence-corrected chi connectivity index (χ3v) is 5.10. The molecule has 0 atom stereocenters. The number of carbonyl (C=O) groups excluding carboxylic acids is 1. The molecule has 2 aromatic carbocycles. The van der Waals surface area contributed by atoms with Gasteiger partial charge < -0.3 is 10.2 Å². The van der Waals surface area contributed by atoms with Crippen LogP contribution < -0.4 is 10.2 Å². The van der Waals surface area contributed by atoms with Gasteiger partial charge >= 0.3 is 0 Å². The zero-order chi connectivity index (χ0) is 20.8.